The molecule has 0 aliphatic heterocycles. The number of aliphatic hydroxyl groups excluding tert-OH is 1. The second-order valence-corrected chi connectivity index (χ2v) is 31.4. The molecule has 0 rings (SSSR count). The van der Waals surface area contributed by atoms with E-state index in [0.29, 0.717) is 31.6 Å². The molecule has 0 saturated heterocycles. The van der Waals surface area contributed by atoms with Crippen molar-refractivity contribution in [3.8, 4) is 0 Å². The van der Waals surface area contributed by atoms with Gasteiger partial charge in [-0.2, -0.15) is 0 Å². The lowest BCUT2D eigenvalue weighted by atomic mass is 10.0. The van der Waals surface area contributed by atoms with E-state index in [1.54, 1.807) is 0 Å². The molecule has 0 heterocycles. The van der Waals surface area contributed by atoms with E-state index in [-0.39, 0.29) is 25.7 Å². The van der Waals surface area contributed by atoms with Crippen LogP contribution in [0.25, 0.3) is 0 Å². The number of carbonyl (C=O) groups excluding carboxylic acids is 4. The van der Waals surface area contributed by atoms with Crippen LogP contribution in [-0.4, -0.2) is 96.7 Å². The normalized spacial score (nSPS) is 14.2. The van der Waals surface area contributed by atoms with E-state index >= 15 is 0 Å². The molecule has 0 aliphatic carbocycles. The van der Waals surface area contributed by atoms with Crippen molar-refractivity contribution >= 4 is 39.5 Å². The number of hydrogen-bond acceptors (Lipinski definition) is 15. The summed E-state index contributed by atoms with van der Waals surface area (Å²) < 4.78 is 68.5. The molecule has 0 spiro atoms. The van der Waals surface area contributed by atoms with Crippen LogP contribution < -0.4 is 0 Å². The van der Waals surface area contributed by atoms with Crippen LogP contribution in [0.5, 0.6) is 0 Å². The highest BCUT2D eigenvalue weighted by Crippen LogP contribution is 2.45. The van der Waals surface area contributed by atoms with Crippen molar-refractivity contribution in [2.75, 3.05) is 39.6 Å². The molecule has 0 bridgehead atoms. The van der Waals surface area contributed by atoms with Crippen LogP contribution in [0.2, 0.25) is 0 Å². The van der Waals surface area contributed by atoms with Crippen LogP contribution in [0.4, 0.5) is 0 Å². The van der Waals surface area contributed by atoms with E-state index in [4.69, 9.17) is 37.0 Å². The fraction of sp³-hybridized carbons (Fsp3) is 0.896. The van der Waals surface area contributed by atoms with E-state index in [2.05, 4.69) is 72.8 Å². The molecule has 0 saturated carbocycles. The first-order chi connectivity index (χ1) is 46.2. The molecule has 0 aromatic heterocycles. The quantitative estimate of drug-likeness (QED) is 0.0169. The fourth-order valence-electron chi connectivity index (χ4n) is 11.2. The zero-order valence-corrected chi connectivity index (χ0v) is 64.1. The van der Waals surface area contributed by atoms with E-state index < -0.39 is 97.5 Å². The van der Waals surface area contributed by atoms with E-state index in [0.717, 1.165) is 121 Å². The molecule has 0 aromatic rings. The molecule has 5 atom stereocenters. The zero-order chi connectivity index (χ0) is 70.9. The number of unbranched alkanes of at least 4 members (excludes halogenated alkanes) is 38. The van der Waals surface area contributed by atoms with Gasteiger partial charge in [-0.3, -0.25) is 37.3 Å². The van der Waals surface area contributed by atoms with Gasteiger partial charge in [0.05, 0.1) is 26.4 Å². The van der Waals surface area contributed by atoms with E-state index in [1.165, 1.54) is 161 Å². The molecule has 0 fully saturated rings. The van der Waals surface area contributed by atoms with Gasteiger partial charge in [0.15, 0.2) is 12.2 Å². The van der Waals surface area contributed by atoms with Crippen molar-refractivity contribution in [1.29, 1.82) is 0 Å². The lowest BCUT2D eigenvalue weighted by molar-refractivity contribution is -0.161. The molecule has 17 nitrogen and oxygen atoms in total. The summed E-state index contributed by atoms with van der Waals surface area (Å²) in [6.45, 7) is 11.8. The SMILES string of the molecule is CCCCCC/C=C\C=C/CCCCCCCC(=O)O[C@H](COC(=O)CCCCCCCCC(C)C)COP(=O)(O)OC[C@H](O)COP(=O)(O)OC[C@@H](COC(=O)CCCCCCCCCCCCCCC(C)C)OC(=O)CCCCCCCCCCCCCCCCC(C)C. The number of ether oxygens (including phenoxy) is 4. The minimum atomic E-state index is -4.96. The van der Waals surface area contributed by atoms with Crippen LogP contribution in [0.1, 0.15) is 370 Å². The average Bonchev–Trinajstić information content (AvgIpc) is 1.31. The summed E-state index contributed by atoms with van der Waals surface area (Å²) in [5.74, 6) is 0.101. The van der Waals surface area contributed by atoms with Gasteiger partial charge in [-0.25, -0.2) is 9.13 Å². The Labute approximate surface area is 586 Å². The first-order valence-corrected chi connectivity index (χ1v) is 42.2. The van der Waals surface area contributed by atoms with Gasteiger partial charge in [0.2, 0.25) is 0 Å². The van der Waals surface area contributed by atoms with Gasteiger partial charge >= 0.3 is 39.5 Å². The van der Waals surface area contributed by atoms with Gasteiger partial charge in [0, 0.05) is 25.7 Å². The molecule has 2 unspecified atom stereocenters. The average molecular weight is 1410 g/mol. The number of aliphatic hydroxyl groups is 1. The van der Waals surface area contributed by atoms with Crippen molar-refractivity contribution in [2.24, 2.45) is 17.8 Å². The predicted octanol–water partition coefficient (Wildman–Crippen LogP) is 22.1. The molecule has 566 valence electrons. The van der Waals surface area contributed by atoms with Crippen LogP contribution in [0.3, 0.4) is 0 Å². The Hall–Kier alpha value is -2.46. The summed E-state index contributed by atoms with van der Waals surface area (Å²) in [7, 11) is -9.93. The fourth-order valence-corrected chi connectivity index (χ4v) is 12.8. The van der Waals surface area contributed by atoms with Crippen LogP contribution in [-0.2, 0) is 65.4 Å². The standard InChI is InChI=1S/C77H146O17P2/c1-8-9-10-11-12-13-14-15-16-20-27-32-37-46-53-61-77(82)94-73(65-88-75(80)59-52-45-40-39-43-50-57-70(6)7)67-92-96(85,86)90-63-71(78)62-89-95(83,84)91-66-72(64-87-74(79)58-51-44-36-31-26-23-22-25-30-35-42-49-56-69(4)5)93-76(81)60-54-47-38-33-28-21-18-17-19-24-29-34-41-48-55-68(2)3/h13-16,68-73,78H,8-12,17-67H2,1-7H3,(H,83,84)(H,85,86)/b14-13-,16-15-/t71-,72-,73-/m1/s1. The number of rotatable bonds is 73. The van der Waals surface area contributed by atoms with Crippen molar-refractivity contribution < 1.29 is 80.2 Å². The maximum Gasteiger partial charge on any atom is 0.472 e. The summed E-state index contributed by atoms with van der Waals surface area (Å²) in [6, 6.07) is 0. The molecular weight excluding hydrogens is 1260 g/mol. The molecule has 0 amide bonds. The number of esters is 4. The predicted molar refractivity (Wildman–Crippen MR) is 390 cm³/mol. The molecule has 0 aromatic carbocycles. The Morgan fingerprint density at radius 2 is 0.562 bits per heavy atom. The van der Waals surface area contributed by atoms with Gasteiger partial charge in [0.25, 0.3) is 0 Å². The highest BCUT2D eigenvalue weighted by molar-refractivity contribution is 7.47. The molecule has 19 heteroatoms. The first kappa shape index (κ1) is 93.5. The number of hydrogen-bond donors (Lipinski definition) is 3. The highest BCUT2D eigenvalue weighted by Gasteiger charge is 2.30. The summed E-state index contributed by atoms with van der Waals surface area (Å²) in [4.78, 5) is 72.8. The minimum Gasteiger partial charge on any atom is -0.462 e. The third kappa shape index (κ3) is 70.0. The molecule has 3 N–H and O–H groups in total. The number of allylic oxidation sites excluding steroid dienone is 4. The van der Waals surface area contributed by atoms with E-state index in [9.17, 15) is 43.2 Å². The summed E-state index contributed by atoms with van der Waals surface area (Å²) in [5.41, 5.74) is 0. The second-order valence-electron chi connectivity index (χ2n) is 28.5. The third-order valence-corrected chi connectivity index (χ3v) is 19.2. The Kier molecular flexibility index (Phi) is 65.3. The van der Waals surface area contributed by atoms with Gasteiger partial charge < -0.3 is 33.8 Å². The van der Waals surface area contributed by atoms with Crippen LogP contribution in [0.15, 0.2) is 24.3 Å². The van der Waals surface area contributed by atoms with Gasteiger partial charge in [-0.15, -0.1) is 0 Å². The maximum atomic E-state index is 13.1. The van der Waals surface area contributed by atoms with Crippen LogP contribution >= 0.6 is 15.6 Å². The van der Waals surface area contributed by atoms with Crippen LogP contribution in [0, 0.1) is 17.8 Å². The zero-order valence-electron chi connectivity index (χ0n) is 62.3. The molecular formula is C77H146O17P2. The van der Waals surface area contributed by atoms with Crippen molar-refractivity contribution in [2.45, 2.75) is 388 Å². The van der Waals surface area contributed by atoms with Crippen molar-refractivity contribution in [1.82, 2.24) is 0 Å². The molecule has 0 radical (unpaired) electrons. The number of phosphoric acid groups is 2. The topological polar surface area (TPSA) is 237 Å². The van der Waals surface area contributed by atoms with Gasteiger partial charge in [-0.1, -0.05) is 317 Å². The second kappa shape index (κ2) is 67.1. The summed E-state index contributed by atoms with van der Waals surface area (Å²) in [6.07, 6.45) is 56.4. The number of carbonyl (C=O) groups is 4. The summed E-state index contributed by atoms with van der Waals surface area (Å²) >= 11 is 0. The Balaban J connectivity index is 5.27. The monoisotopic (exact) mass is 1410 g/mol. The van der Waals surface area contributed by atoms with Gasteiger partial charge in [-0.05, 0) is 69.1 Å². The Morgan fingerprint density at radius 3 is 0.844 bits per heavy atom. The van der Waals surface area contributed by atoms with Crippen molar-refractivity contribution in [3.05, 3.63) is 24.3 Å². The lowest BCUT2D eigenvalue weighted by Crippen LogP contribution is -2.30. The highest BCUT2D eigenvalue weighted by atomic mass is 31.2. The Morgan fingerprint density at radius 1 is 0.323 bits per heavy atom. The summed E-state index contributed by atoms with van der Waals surface area (Å²) in [5, 5.41) is 10.6. The first-order valence-electron chi connectivity index (χ1n) is 39.2. The number of phosphoric ester groups is 2. The van der Waals surface area contributed by atoms with Crippen molar-refractivity contribution in [3.63, 3.8) is 0 Å². The maximum absolute atomic E-state index is 13.1. The molecule has 96 heavy (non-hydrogen) atoms. The van der Waals surface area contributed by atoms with E-state index in [1.807, 2.05) is 0 Å². The molecule has 0 aliphatic rings. The lowest BCUT2D eigenvalue weighted by Gasteiger charge is -2.21. The Bertz CT molecular complexity index is 1960. The van der Waals surface area contributed by atoms with Gasteiger partial charge in [0.1, 0.15) is 19.3 Å². The third-order valence-electron chi connectivity index (χ3n) is 17.3. The largest absolute Gasteiger partial charge is 0.472 e. The minimum absolute atomic E-state index is 0.0837. The smallest absolute Gasteiger partial charge is 0.462 e.